The van der Waals surface area contributed by atoms with Gasteiger partial charge < -0.3 is 10.1 Å². The van der Waals surface area contributed by atoms with Gasteiger partial charge in [-0.3, -0.25) is 0 Å². The zero-order chi connectivity index (χ0) is 6.69. The van der Waals surface area contributed by atoms with Gasteiger partial charge >= 0.3 is 0 Å². The third-order valence-corrected chi connectivity index (χ3v) is 2.02. The lowest BCUT2D eigenvalue weighted by Gasteiger charge is -2.16. The molecule has 0 bridgehead atoms. The minimum absolute atomic E-state index is 0.405. The van der Waals surface area contributed by atoms with E-state index in [2.05, 4.69) is 12.4 Å². The van der Waals surface area contributed by atoms with Crippen LogP contribution in [0, 0.1) is 7.05 Å². The summed E-state index contributed by atoms with van der Waals surface area (Å²) in [5.74, 6) is 0. The summed E-state index contributed by atoms with van der Waals surface area (Å²) in [5.41, 5.74) is 0. The Labute approximate surface area is 56.6 Å². The summed E-state index contributed by atoms with van der Waals surface area (Å²) in [6.45, 7) is 0. The van der Waals surface area contributed by atoms with Crippen LogP contribution in [0.1, 0.15) is 19.3 Å². The van der Waals surface area contributed by atoms with E-state index >= 15 is 0 Å². The molecule has 1 aliphatic rings. The molecule has 0 heterocycles. The van der Waals surface area contributed by atoms with Gasteiger partial charge in [-0.2, -0.15) is 0 Å². The van der Waals surface area contributed by atoms with Crippen LogP contribution in [0.2, 0.25) is 0 Å². The average Bonchev–Trinajstić information content (AvgIpc) is 2.33. The van der Waals surface area contributed by atoms with E-state index in [1.54, 1.807) is 7.11 Å². The zero-order valence-corrected chi connectivity index (χ0v) is 5.89. The van der Waals surface area contributed by atoms with Crippen molar-refractivity contribution in [3.63, 3.8) is 0 Å². The fraction of sp³-hybridized carbons (Fsp3) is 0.857. The highest BCUT2D eigenvalue weighted by atomic mass is 16.5. The molecule has 0 aromatic carbocycles. The van der Waals surface area contributed by atoms with Gasteiger partial charge in [0.05, 0.1) is 6.10 Å². The number of ether oxygens (including phenoxy) is 1. The number of methoxy groups -OCH3 is 1. The van der Waals surface area contributed by atoms with Crippen molar-refractivity contribution in [2.45, 2.75) is 31.4 Å². The Kier molecular flexibility index (Phi) is 2.49. The quantitative estimate of drug-likeness (QED) is 0.597. The van der Waals surface area contributed by atoms with Crippen LogP contribution in [0.4, 0.5) is 0 Å². The minimum atomic E-state index is 0.405. The first kappa shape index (κ1) is 7.03. The Morgan fingerprint density at radius 2 is 2.33 bits per heavy atom. The largest absolute Gasteiger partial charge is 0.380 e. The normalized spacial score (nSPS) is 35.3. The molecular weight excluding hydrogens is 114 g/mol. The highest BCUT2D eigenvalue weighted by Crippen LogP contribution is 2.20. The summed E-state index contributed by atoms with van der Waals surface area (Å²) in [7, 11) is 5.40. The summed E-state index contributed by atoms with van der Waals surface area (Å²) < 4.78 is 5.21. The molecule has 1 aliphatic carbocycles. The van der Waals surface area contributed by atoms with Gasteiger partial charge in [0, 0.05) is 20.2 Å². The second-order valence-corrected chi connectivity index (χ2v) is 2.52. The minimum Gasteiger partial charge on any atom is -0.380 e. The fourth-order valence-electron chi connectivity index (χ4n) is 1.44. The van der Waals surface area contributed by atoms with Crippen molar-refractivity contribution in [3.8, 4) is 0 Å². The lowest BCUT2D eigenvalue weighted by molar-refractivity contribution is 0.0890. The van der Waals surface area contributed by atoms with Crippen molar-refractivity contribution in [1.29, 1.82) is 0 Å². The van der Waals surface area contributed by atoms with Crippen LogP contribution in [0.3, 0.4) is 0 Å². The molecule has 0 aromatic rings. The van der Waals surface area contributed by atoms with E-state index in [4.69, 9.17) is 4.74 Å². The first-order chi connectivity index (χ1) is 4.38. The predicted octanol–water partition coefficient (Wildman–Crippen LogP) is 0.935. The third-order valence-electron chi connectivity index (χ3n) is 2.02. The molecule has 0 aliphatic heterocycles. The van der Waals surface area contributed by atoms with Crippen LogP contribution in [-0.4, -0.2) is 19.3 Å². The molecule has 0 spiro atoms. The van der Waals surface area contributed by atoms with Crippen molar-refractivity contribution < 1.29 is 4.74 Å². The maximum atomic E-state index is 5.21. The predicted molar refractivity (Wildman–Crippen MR) is 36.9 cm³/mol. The Hall–Kier alpha value is -0.0800. The fourth-order valence-corrected chi connectivity index (χ4v) is 1.44. The van der Waals surface area contributed by atoms with Crippen molar-refractivity contribution >= 4 is 0 Å². The summed E-state index contributed by atoms with van der Waals surface area (Å²) in [6, 6.07) is 0.495. The molecule has 2 nitrogen and oxygen atoms in total. The Balaban J connectivity index is 2.32. The van der Waals surface area contributed by atoms with Crippen molar-refractivity contribution in [1.82, 2.24) is 5.32 Å². The number of rotatable bonds is 2. The van der Waals surface area contributed by atoms with E-state index in [0.29, 0.717) is 12.1 Å². The second kappa shape index (κ2) is 3.18. The van der Waals surface area contributed by atoms with Gasteiger partial charge in [-0.05, 0) is 19.3 Å². The van der Waals surface area contributed by atoms with Gasteiger partial charge in [-0.25, -0.2) is 0 Å². The summed E-state index contributed by atoms with van der Waals surface area (Å²) in [5, 5.41) is 2.99. The Morgan fingerprint density at radius 1 is 1.56 bits per heavy atom. The molecule has 1 unspecified atom stereocenters. The second-order valence-electron chi connectivity index (χ2n) is 2.52. The molecule has 1 rings (SSSR count). The molecule has 0 saturated heterocycles. The van der Waals surface area contributed by atoms with E-state index in [0.717, 1.165) is 0 Å². The summed E-state index contributed by atoms with van der Waals surface area (Å²) in [6.07, 6.45) is 4.07. The first-order valence-electron chi connectivity index (χ1n) is 3.44. The van der Waals surface area contributed by atoms with Crippen LogP contribution < -0.4 is 5.32 Å². The number of hydrogen-bond donors (Lipinski definition) is 1. The van der Waals surface area contributed by atoms with Crippen LogP contribution in [0.25, 0.3) is 0 Å². The Morgan fingerprint density at radius 3 is 2.78 bits per heavy atom. The summed E-state index contributed by atoms with van der Waals surface area (Å²) >= 11 is 0. The standard InChI is InChI=1S/C7H14NO/c1-8-6-4-3-5-7(6)9-2/h6-8H,1,3-5H2,2H3/t6?,7-/m0/s1. The number of hydrogen-bond acceptors (Lipinski definition) is 2. The monoisotopic (exact) mass is 128 g/mol. The molecular formula is C7H14NO. The van der Waals surface area contributed by atoms with Gasteiger partial charge in [0.15, 0.2) is 0 Å². The average molecular weight is 128 g/mol. The van der Waals surface area contributed by atoms with Gasteiger partial charge in [0.2, 0.25) is 0 Å². The van der Waals surface area contributed by atoms with E-state index < -0.39 is 0 Å². The van der Waals surface area contributed by atoms with Gasteiger partial charge in [0.25, 0.3) is 0 Å². The third kappa shape index (κ3) is 1.43. The van der Waals surface area contributed by atoms with Crippen LogP contribution in [-0.2, 0) is 4.74 Å². The SMILES string of the molecule is [CH2]NC1CCC[C@@H]1OC. The van der Waals surface area contributed by atoms with E-state index in [9.17, 15) is 0 Å². The lowest BCUT2D eigenvalue weighted by atomic mass is 10.2. The molecule has 2 atom stereocenters. The van der Waals surface area contributed by atoms with Gasteiger partial charge in [0.1, 0.15) is 0 Å². The molecule has 0 amide bonds. The lowest BCUT2D eigenvalue weighted by Crippen LogP contribution is -2.32. The molecule has 1 radical (unpaired) electrons. The van der Waals surface area contributed by atoms with Crippen molar-refractivity contribution in [2.24, 2.45) is 0 Å². The van der Waals surface area contributed by atoms with Crippen molar-refractivity contribution in [2.75, 3.05) is 7.11 Å². The van der Waals surface area contributed by atoms with E-state index in [-0.39, 0.29) is 0 Å². The van der Waals surface area contributed by atoms with E-state index in [1.165, 1.54) is 19.3 Å². The van der Waals surface area contributed by atoms with Crippen LogP contribution in [0.5, 0.6) is 0 Å². The zero-order valence-electron chi connectivity index (χ0n) is 5.89. The van der Waals surface area contributed by atoms with E-state index in [1.807, 2.05) is 0 Å². The highest BCUT2D eigenvalue weighted by molar-refractivity contribution is 4.83. The van der Waals surface area contributed by atoms with Crippen LogP contribution >= 0.6 is 0 Å². The smallest absolute Gasteiger partial charge is 0.0724 e. The molecule has 1 fully saturated rings. The van der Waals surface area contributed by atoms with Crippen LogP contribution in [0.15, 0.2) is 0 Å². The maximum Gasteiger partial charge on any atom is 0.0724 e. The molecule has 2 heteroatoms. The van der Waals surface area contributed by atoms with Gasteiger partial charge in [-0.15, -0.1) is 0 Å². The molecule has 53 valence electrons. The van der Waals surface area contributed by atoms with Gasteiger partial charge in [-0.1, -0.05) is 0 Å². The first-order valence-corrected chi connectivity index (χ1v) is 3.44. The number of nitrogens with one attached hydrogen (secondary N) is 1. The topological polar surface area (TPSA) is 21.3 Å². The van der Waals surface area contributed by atoms with Crippen molar-refractivity contribution in [3.05, 3.63) is 7.05 Å². The molecule has 0 aromatic heterocycles. The molecule has 1 N–H and O–H groups in total. The highest BCUT2D eigenvalue weighted by Gasteiger charge is 2.24. The molecule has 9 heavy (non-hydrogen) atoms. The maximum absolute atomic E-state index is 5.21. The molecule has 1 saturated carbocycles. The summed E-state index contributed by atoms with van der Waals surface area (Å²) in [4.78, 5) is 0. The Bertz CT molecular complexity index is 75.0.